The number of rotatable bonds is 3. The van der Waals surface area contributed by atoms with E-state index in [2.05, 4.69) is 0 Å². The molecule has 0 spiro atoms. The quantitative estimate of drug-likeness (QED) is 0.454. The minimum atomic E-state index is -0.557. The molecule has 0 saturated heterocycles. The predicted octanol–water partition coefficient (Wildman–Crippen LogP) is 4.66. The maximum atomic E-state index is 13.9. The lowest BCUT2D eigenvalue weighted by Crippen LogP contribution is -2.14. The van der Waals surface area contributed by atoms with Crippen LogP contribution in [0.25, 0.3) is 6.08 Å². The molecule has 1 aliphatic heterocycles. The first-order chi connectivity index (χ1) is 11.9. The Morgan fingerprint density at radius 1 is 1.28 bits per heavy atom. The molecule has 0 amide bonds. The molecule has 6 heteroatoms. The van der Waals surface area contributed by atoms with Crippen molar-refractivity contribution in [1.29, 1.82) is 0 Å². The Morgan fingerprint density at radius 3 is 2.72 bits per heavy atom. The first-order valence-corrected chi connectivity index (χ1v) is 7.98. The van der Waals surface area contributed by atoms with E-state index in [1.54, 1.807) is 13.8 Å². The fraction of sp³-hybridized carbons (Fsp3) is 0.158. The summed E-state index contributed by atoms with van der Waals surface area (Å²) in [6.07, 6.45) is 1.26. The molecule has 2 aromatic carbocycles. The Kier molecular flexibility index (Phi) is 4.59. The van der Waals surface area contributed by atoms with Crippen molar-refractivity contribution in [1.82, 2.24) is 0 Å². The number of halogens is 2. The fourth-order valence-corrected chi connectivity index (χ4v) is 2.46. The molecule has 2 aromatic rings. The average molecular weight is 361 g/mol. The zero-order valence-electron chi connectivity index (χ0n) is 13.5. The van der Waals surface area contributed by atoms with E-state index >= 15 is 0 Å². The molecule has 4 nitrogen and oxygen atoms in total. The van der Waals surface area contributed by atoms with Gasteiger partial charge in [0, 0.05) is 11.6 Å². The van der Waals surface area contributed by atoms with E-state index in [4.69, 9.17) is 21.1 Å². The zero-order valence-corrected chi connectivity index (χ0v) is 14.3. The number of esters is 1. The molecule has 128 valence electrons. The van der Waals surface area contributed by atoms with Gasteiger partial charge in [0.25, 0.3) is 0 Å². The van der Waals surface area contributed by atoms with Gasteiger partial charge in [0.2, 0.25) is 5.78 Å². The van der Waals surface area contributed by atoms with Crippen LogP contribution < -0.4 is 9.47 Å². The summed E-state index contributed by atoms with van der Waals surface area (Å²) >= 11 is 5.97. The summed E-state index contributed by atoms with van der Waals surface area (Å²) < 4.78 is 24.6. The highest BCUT2D eigenvalue weighted by molar-refractivity contribution is 6.32. The van der Waals surface area contributed by atoms with Gasteiger partial charge in [-0.2, -0.15) is 0 Å². The number of Topliss-reactive ketones (excluding diaryl/α,β-unsaturated/α-hetero) is 1. The Morgan fingerprint density at radius 2 is 2.04 bits per heavy atom. The van der Waals surface area contributed by atoms with E-state index in [-0.39, 0.29) is 33.8 Å². The van der Waals surface area contributed by atoms with E-state index in [0.29, 0.717) is 5.56 Å². The highest BCUT2D eigenvalue weighted by atomic mass is 35.5. The van der Waals surface area contributed by atoms with Gasteiger partial charge in [-0.15, -0.1) is 0 Å². The minimum Gasteiger partial charge on any atom is -0.452 e. The molecule has 0 saturated carbocycles. The van der Waals surface area contributed by atoms with Crippen molar-refractivity contribution in [3.8, 4) is 11.5 Å². The molecular formula is C19H14ClFO4. The third-order valence-corrected chi connectivity index (χ3v) is 3.94. The monoisotopic (exact) mass is 360 g/mol. The standard InChI is InChI=1S/C19H14ClFO4/c1-10(2)19(23)24-11-6-7-12-16(8-11)25-17(18(12)22)9-13-14(20)4-3-5-15(13)21/h3-10H,1-2H3/b17-9+. The van der Waals surface area contributed by atoms with Crippen LogP contribution in [0.2, 0.25) is 5.02 Å². The number of carbonyl (C=O) groups is 2. The van der Waals surface area contributed by atoms with E-state index in [0.717, 1.165) is 0 Å². The zero-order chi connectivity index (χ0) is 18.1. The topological polar surface area (TPSA) is 52.6 Å². The van der Waals surface area contributed by atoms with Crippen molar-refractivity contribution in [2.45, 2.75) is 13.8 Å². The Labute approximate surface area is 148 Å². The lowest BCUT2D eigenvalue weighted by molar-refractivity contribution is -0.137. The van der Waals surface area contributed by atoms with Gasteiger partial charge in [0.1, 0.15) is 17.3 Å². The second-order valence-electron chi connectivity index (χ2n) is 5.81. The van der Waals surface area contributed by atoms with Crippen molar-refractivity contribution in [2.24, 2.45) is 5.92 Å². The molecule has 0 radical (unpaired) electrons. The van der Waals surface area contributed by atoms with Crippen LogP contribution in [-0.2, 0) is 4.79 Å². The first-order valence-electron chi connectivity index (χ1n) is 7.61. The van der Waals surface area contributed by atoms with Gasteiger partial charge in [0.15, 0.2) is 5.76 Å². The summed E-state index contributed by atoms with van der Waals surface area (Å²) in [5.74, 6) is -1.15. The summed E-state index contributed by atoms with van der Waals surface area (Å²) in [6.45, 7) is 3.43. The summed E-state index contributed by atoms with van der Waals surface area (Å²) in [7, 11) is 0. The lowest BCUT2D eigenvalue weighted by Gasteiger charge is -2.07. The van der Waals surface area contributed by atoms with Gasteiger partial charge in [-0.1, -0.05) is 31.5 Å². The van der Waals surface area contributed by atoms with Crippen LogP contribution in [0.15, 0.2) is 42.2 Å². The average Bonchev–Trinajstić information content (AvgIpc) is 2.86. The van der Waals surface area contributed by atoms with Gasteiger partial charge in [-0.3, -0.25) is 9.59 Å². The number of hydrogen-bond acceptors (Lipinski definition) is 4. The van der Waals surface area contributed by atoms with Crippen LogP contribution in [0.3, 0.4) is 0 Å². The highest BCUT2D eigenvalue weighted by Gasteiger charge is 2.28. The molecule has 1 heterocycles. The number of fused-ring (bicyclic) bond motifs is 1. The Balaban J connectivity index is 1.91. The SMILES string of the molecule is CC(C)C(=O)Oc1ccc2c(c1)O/C(=C/c1c(F)cccc1Cl)C2=O. The molecule has 0 bridgehead atoms. The van der Waals surface area contributed by atoms with Crippen LogP contribution >= 0.6 is 11.6 Å². The van der Waals surface area contributed by atoms with Crippen LogP contribution in [0.5, 0.6) is 11.5 Å². The van der Waals surface area contributed by atoms with Gasteiger partial charge < -0.3 is 9.47 Å². The highest BCUT2D eigenvalue weighted by Crippen LogP contribution is 2.36. The number of allylic oxidation sites excluding steroid dienone is 1. The number of hydrogen-bond donors (Lipinski definition) is 0. The number of carbonyl (C=O) groups excluding carboxylic acids is 2. The fourth-order valence-electron chi connectivity index (χ4n) is 2.24. The molecular weight excluding hydrogens is 347 g/mol. The Hall–Kier alpha value is -2.66. The van der Waals surface area contributed by atoms with Crippen molar-refractivity contribution in [3.05, 3.63) is 64.1 Å². The van der Waals surface area contributed by atoms with E-state index in [1.165, 1.54) is 42.5 Å². The second kappa shape index (κ2) is 6.69. The third-order valence-electron chi connectivity index (χ3n) is 3.61. The van der Waals surface area contributed by atoms with Gasteiger partial charge in [-0.05, 0) is 30.3 Å². The maximum Gasteiger partial charge on any atom is 0.313 e. The molecule has 0 fully saturated rings. The minimum absolute atomic E-state index is 0.0469. The van der Waals surface area contributed by atoms with Crippen molar-refractivity contribution in [2.75, 3.05) is 0 Å². The van der Waals surface area contributed by atoms with E-state index in [9.17, 15) is 14.0 Å². The van der Waals surface area contributed by atoms with E-state index < -0.39 is 17.6 Å². The number of benzene rings is 2. The van der Waals surface area contributed by atoms with Gasteiger partial charge in [0.05, 0.1) is 16.5 Å². The van der Waals surface area contributed by atoms with Crippen LogP contribution in [-0.4, -0.2) is 11.8 Å². The summed E-state index contributed by atoms with van der Waals surface area (Å²) in [5, 5.41) is 0.173. The van der Waals surface area contributed by atoms with Gasteiger partial charge in [-0.25, -0.2) is 4.39 Å². The van der Waals surface area contributed by atoms with Crippen LogP contribution in [0.1, 0.15) is 29.8 Å². The molecule has 0 atom stereocenters. The molecule has 3 rings (SSSR count). The predicted molar refractivity (Wildman–Crippen MR) is 91.3 cm³/mol. The third kappa shape index (κ3) is 3.42. The van der Waals surface area contributed by atoms with E-state index in [1.807, 2.05) is 0 Å². The molecule has 1 aliphatic rings. The van der Waals surface area contributed by atoms with Gasteiger partial charge >= 0.3 is 5.97 Å². The maximum absolute atomic E-state index is 13.9. The van der Waals surface area contributed by atoms with Crippen LogP contribution in [0.4, 0.5) is 4.39 Å². The molecule has 0 aromatic heterocycles. The lowest BCUT2D eigenvalue weighted by atomic mass is 10.1. The first kappa shape index (κ1) is 17.2. The normalized spacial score (nSPS) is 14.6. The number of ether oxygens (including phenoxy) is 2. The largest absolute Gasteiger partial charge is 0.452 e. The summed E-state index contributed by atoms with van der Waals surface area (Å²) in [4.78, 5) is 24.1. The van der Waals surface area contributed by atoms with Crippen molar-refractivity contribution in [3.63, 3.8) is 0 Å². The van der Waals surface area contributed by atoms with Crippen molar-refractivity contribution < 1.29 is 23.5 Å². The Bertz CT molecular complexity index is 882. The van der Waals surface area contributed by atoms with Crippen LogP contribution in [0, 0.1) is 11.7 Å². The molecule has 0 aliphatic carbocycles. The second-order valence-corrected chi connectivity index (χ2v) is 6.22. The van der Waals surface area contributed by atoms with Crippen molar-refractivity contribution >= 4 is 29.4 Å². The smallest absolute Gasteiger partial charge is 0.313 e. The number of ketones is 1. The molecule has 0 N–H and O–H groups in total. The molecule has 25 heavy (non-hydrogen) atoms. The summed E-state index contributed by atoms with van der Waals surface area (Å²) in [6, 6.07) is 8.71. The summed E-state index contributed by atoms with van der Waals surface area (Å²) in [5.41, 5.74) is 0.384. The molecule has 0 unspecified atom stereocenters.